The molecule has 0 radical (unpaired) electrons. The molecule has 142 valence electrons. The Morgan fingerprint density at radius 1 is 1.07 bits per heavy atom. The van der Waals surface area contributed by atoms with Crippen LogP contribution in [0.25, 0.3) is 11.4 Å². The first-order valence-electron chi connectivity index (χ1n) is 8.61. The van der Waals surface area contributed by atoms with E-state index in [1.807, 2.05) is 55.3 Å². The van der Waals surface area contributed by atoms with Crippen LogP contribution in [0.3, 0.4) is 0 Å². The Labute approximate surface area is 158 Å². The number of H-pyrrole nitrogens is 1. The van der Waals surface area contributed by atoms with Crippen LogP contribution >= 0.6 is 0 Å². The predicted octanol–water partition coefficient (Wildman–Crippen LogP) is 3.01. The van der Waals surface area contributed by atoms with E-state index in [2.05, 4.69) is 20.5 Å². The predicted molar refractivity (Wildman–Crippen MR) is 106 cm³/mol. The van der Waals surface area contributed by atoms with Crippen molar-refractivity contribution in [1.29, 1.82) is 0 Å². The fraction of sp³-hybridized carbons (Fsp3) is 0.316. The van der Waals surface area contributed by atoms with Crippen LogP contribution in [0.2, 0.25) is 0 Å². The average Bonchev–Trinajstić information content (AvgIpc) is 3.10. The largest absolute Gasteiger partial charge is 0.497 e. The van der Waals surface area contributed by atoms with Crippen molar-refractivity contribution < 1.29 is 9.47 Å². The first-order valence-corrected chi connectivity index (χ1v) is 8.61. The van der Waals surface area contributed by atoms with Crippen LogP contribution in [0.4, 0.5) is 17.5 Å². The minimum Gasteiger partial charge on any atom is -0.497 e. The first-order chi connectivity index (χ1) is 13.1. The summed E-state index contributed by atoms with van der Waals surface area (Å²) >= 11 is 0. The number of aromatic nitrogens is 4. The number of rotatable bonds is 8. The molecule has 0 atom stereocenters. The summed E-state index contributed by atoms with van der Waals surface area (Å²) in [4.78, 5) is 11.4. The third kappa shape index (κ3) is 4.73. The maximum absolute atomic E-state index is 5.23. The molecule has 0 saturated heterocycles. The van der Waals surface area contributed by atoms with E-state index in [0.29, 0.717) is 24.1 Å². The van der Waals surface area contributed by atoms with Gasteiger partial charge in [-0.2, -0.15) is 5.10 Å². The van der Waals surface area contributed by atoms with Gasteiger partial charge in [-0.15, -0.1) is 0 Å². The Bertz CT molecular complexity index is 878. The molecule has 8 nitrogen and oxygen atoms in total. The third-order valence-corrected chi connectivity index (χ3v) is 4.04. The number of benzene rings is 1. The second kappa shape index (κ2) is 8.50. The first kappa shape index (κ1) is 18.7. The summed E-state index contributed by atoms with van der Waals surface area (Å²) in [7, 11) is 5.30. The maximum atomic E-state index is 5.23. The van der Waals surface area contributed by atoms with Gasteiger partial charge in [0.15, 0.2) is 11.6 Å². The molecule has 2 heterocycles. The summed E-state index contributed by atoms with van der Waals surface area (Å²) in [5, 5.41) is 10.4. The van der Waals surface area contributed by atoms with Crippen molar-refractivity contribution in [1.82, 2.24) is 20.2 Å². The minimum absolute atomic E-state index is 0.611. The van der Waals surface area contributed by atoms with Gasteiger partial charge in [0.05, 0.1) is 13.7 Å². The van der Waals surface area contributed by atoms with E-state index in [-0.39, 0.29) is 0 Å². The SMILES string of the molecule is COCCN(C)c1cc(Nc2cc(C)[nH]n2)nc(-c2ccc(OC)cc2)n1. The van der Waals surface area contributed by atoms with Gasteiger partial charge >= 0.3 is 0 Å². The normalized spacial score (nSPS) is 10.7. The van der Waals surface area contributed by atoms with Gasteiger partial charge in [0.25, 0.3) is 0 Å². The molecule has 2 N–H and O–H groups in total. The number of hydrogen-bond donors (Lipinski definition) is 2. The molecule has 3 rings (SSSR count). The van der Waals surface area contributed by atoms with Crippen molar-refractivity contribution >= 4 is 17.5 Å². The van der Waals surface area contributed by atoms with Crippen molar-refractivity contribution in [2.75, 3.05) is 44.6 Å². The Morgan fingerprint density at radius 3 is 2.48 bits per heavy atom. The Kier molecular flexibility index (Phi) is 5.87. The molecular formula is C19H24N6O2. The van der Waals surface area contributed by atoms with Crippen LogP contribution in [0, 0.1) is 6.92 Å². The van der Waals surface area contributed by atoms with Crippen molar-refractivity contribution in [3.8, 4) is 17.1 Å². The Hall–Kier alpha value is -3.13. The van der Waals surface area contributed by atoms with E-state index in [1.54, 1.807) is 14.2 Å². The van der Waals surface area contributed by atoms with Gasteiger partial charge in [-0.1, -0.05) is 0 Å². The van der Waals surface area contributed by atoms with E-state index >= 15 is 0 Å². The lowest BCUT2D eigenvalue weighted by Gasteiger charge is -2.19. The fourth-order valence-corrected chi connectivity index (χ4v) is 2.52. The van der Waals surface area contributed by atoms with Crippen LogP contribution in [0.15, 0.2) is 36.4 Å². The molecule has 0 aliphatic carbocycles. The summed E-state index contributed by atoms with van der Waals surface area (Å²) < 4.78 is 10.4. The van der Waals surface area contributed by atoms with Crippen LogP contribution in [0.5, 0.6) is 5.75 Å². The van der Waals surface area contributed by atoms with Crippen LogP contribution in [0.1, 0.15) is 5.69 Å². The molecule has 0 saturated carbocycles. The standard InChI is InChI=1S/C19H24N6O2/c1-13-11-17(24-23-13)20-16-12-18(25(2)9-10-26-3)22-19(21-16)14-5-7-15(27-4)8-6-14/h5-8,11-12H,9-10H2,1-4H3,(H2,20,21,22,23,24). The molecule has 0 aliphatic rings. The van der Waals surface area contributed by atoms with Crippen molar-refractivity contribution in [2.45, 2.75) is 6.92 Å². The second-order valence-corrected chi connectivity index (χ2v) is 6.14. The summed E-state index contributed by atoms with van der Waals surface area (Å²) in [6, 6.07) is 11.5. The number of ether oxygens (including phenoxy) is 2. The number of nitrogens with zero attached hydrogens (tertiary/aromatic N) is 4. The highest BCUT2D eigenvalue weighted by atomic mass is 16.5. The minimum atomic E-state index is 0.611. The number of hydrogen-bond acceptors (Lipinski definition) is 7. The molecule has 0 bridgehead atoms. The van der Waals surface area contributed by atoms with E-state index in [0.717, 1.165) is 29.4 Å². The number of aryl methyl sites for hydroxylation is 1. The molecule has 0 spiro atoms. The topological polar surface area (TPSA) is 88.2 Å². The molecule has 0 amide bonds. The van der Waals surface area contributed by atoms with E-state index in [1.165, 1.54) is 0 Å². The van der Waals surface area contributed by atoms with Crippen LogP contribution in [-0.2, 0) is 4.74 Å². The van der Waals surface area contributed by atoms with Crippen LogP contribution < -0.4 is 15.0 Å². The van der Waals surface area contributed by atoms with Gasteiger partial charge in [-0.3, -0.25) is 5.10 Å². The van der Waals surface area contributed by atoms with Gasteiger partial charge in [0.2, 0.25) is 0 Å². The Morgan fingerprint density at radius 2 is 1.85 bits per heavy atom. The zero-order chi connectivity index (χ0) is 19.2. The van der Waals surface area contributed by atoms with Gasteiger partial charge < -0.3 is 19.7 Å². The summed E-state index contributed by atoms with van der Waals surface area (Å²) in [6.07, 6.45) is 0. The number of methoxy groups -OCH3 is 2. The zero-order valence-electron chi connectivity index (χ0n) is 16.0. The molecule has 0 fully saturated rings. The number of aromatic amines is 1. The van der Waals surface area contributed by atoms with Crippen molar-refractivity contribution in [3.63, 3.8) is 0 Å². The molecule has 2 aromatic heterocycles. The number of nitrogens with one attached hydrogen (secondary N) is 2. The summed E-state index contributed by atoms with van der Waals surface area (Å²) in [5.74, 6) is 3.58. The summed E-state index contributed by atoms with van der Waals surface area (Å²) in [6.45, 7) is 3.28. The van der Waals surface area contributed by atoms with Crippen LogP contribution in [-0.4, -0.2) is 54.6 Å². The fourth-order valence-electron chi connectivity index (χ4n) is 2.52. The number of likely N-dealkylation sites (N-methyl/N-ethyl adjacent to an activating group) is 1. The molecule has 0 aliphatic heterocycles. The molecule has 27 heavy (non-hydrogen) atoms. The monoisotopic (exact) mass is 368 g/mol. The van der Waals surface area contributed by atoms with E-state index in [4.69, 9.17) is 14.5 Å². The quantitative estimate of drug-likeness (QED) is 0.632. The smallest absolute Gasteiger partial charge is 0.163 e. The lowest BCUT2D eigenvalue weighted by molar-refractivity contribution is 0.206. The average molecular weight is 368 g/mol. The maximum Gasteiger partial charge on any atom is 0.163 e. The van der Waals surface area contributed by atoms with Gasteiger partial charge in [0.1, 0.15) is 17.4 Å². The molecule has 0 unspecified atom stereocenters. The third-order valence-electron chi connectivity index (χ3n) is 4.04. The molecular weight excluding hydrogens is 344 g/mol. The number of anilines is 3. The van der Waals surface area contributed by atoms with Gasteiger partial charge in [-0.25, -0.2) is 9.97 Å². The van der Waals surface area contributed by atoms with E-state index < -0.39 is 0 Å². The van der Waals surface area contributed by atoms with Gasteiger partial charge in [-0.05, 0) is 31.2 Å². The highest BCUT2D eigenvalue weighted by Crippen LogP contribution is 2.25. The molecule has 3 aromatic rings. The molecule has 1 aromatic carbocycles. The van der Waals surface area contributed by atoms with Crippen molar-refractivity contribution in [2.24, 2.45) is 0 Å². The lowest BCUT2D eigenvalue weighted by atomic mass is 10.2. The second-order valence-electron chi connectivity index (χ2n) is 6.14. The summed E-state index contributed by atoms with van der Waals surface area (Å²) in [5.41, 5.74) is 1.87. The Balaban J connectivity index is 1.95. The highest BCUT2D eigenvalue weighted by molar-refractivity contribution is 5.64. The lowest BCUT2D eigenvalue weighted by Crippen LogP contribution is -2.23. The van der Waals surface area contributed by atoms with E-state index in [9.17, 15) is 0 Å². The molecule has 8 heteroatoms. The zero-order valence-corrected chi connectivity index (χ0v) is 16.0. The van der Waals surface area contributed by atoms with Crippen molar-refractivity contribution in [3.05, 3.63) is 42.1 Å². The highest BCUT2D eigenvalue weighted by Gasteiger charge is 2.11. The van der Waals surface area contributed by atoms with Gasteiger partial charge in [0, 0.05) is 44.1 Å².